The molecule has 0 fully saturated rings. The Hall–Kier alpha value is -1.41. The van der Waals surface area contributed by atoms with Crippen molar-refractivity contribution in [3.63, 3.8) is 0 Å². The van der Waals surface area contributed by atoms with Gasteiger partial charge in [-0.3, -0.25) is 0 Å². The number of urea groups is 1. The van der Waals surface area contributed by atoms with Crippen LogP contribution in [0.4, 0.5) is 23.7 Å². The summed E-state index contributed by atoms with van der Waals surface area (Å²) in [6.07, 6.45) is 1.78. The summed E-state index contributed by atoms with van der Waals surface area (Å²) in [6.45, 7) is 1.56. The summed E-state index contributed by atoms with van der Waals surface area (Å²) in [5, 5.41) is 13.6. The first kappa shape index (κ1) is 16.6. The molecule has 0 bridgehead atoms. The molecule has 0 aliphatic carbocycles. The minimum Gasteiger partial charge on any atom is -0.395 e. The number of carbonyl (C=O) groups is 1. The molecule has 20 heavy (non-hydrogen) atoms. The van der Waals surface area contributed by atoms with E-state index in [1.165, 1.54) is 11.8 Å². The number of hydrogen-bond acceptors (Lipinski definition) is 3. The van der Waals surface area contributed by atoms with Crippen LogP contribution in [-0.4, -0.2) is 35.3 Å². The van der Waals surface area contributed by atoms with E-state index in [0.717, 1.165) is 0 Å². The number of carbonyl (C=O) groups excluding carboxylic acids is 1. The molecule has 0 saturated heterocycles. The molecule has 8 heteroatoms. The summed E-state index contributed by atoms with van der Waals surface area (Å²) in [5.41, 5.74) is -0.198. The predicted molar refractivity (Wildman–Crippen MR) is 72.3 cm³/mol. The quantitative estimate of drug-likeness (QED) is 0.732. The topological polar surface area (TPSA) is 61.4 Å². The number of aliphatic hydroxyl groups excluding tert-OH is 1. The summed E-state index contributed by atoms with van der Waals surface area (Å²) in [7, 11) is 0. The highest BCUT2D eigenvalue weighted by molar-refractivity contribution is 7.99. The maximum Gasteiger partial charge on any atom is 0.319 e. The molecule has 0 heterocycles. The van der Waals surface area contributed by atoms with Gasteiger partial charge in [0.25, 0.3) is 0 Å². The highest BCUT2D eigenvalue weighted by atomic mass is 32.2. The standard InChI is InChI=1S/C12H15F3N2O2S/c1-6(10(5-18)20-2)16-12(19)17-7-3-8(13)11(15)9(14)4-7/h3-4,6,10,18H,5H2,1-2H3,(H2,16,17,19). The Kier molecular flexibility index (Phi) is 6.15. The largest absolute Gasteiger partial charge is 0.395 e. The number of benzene rings is 1. The SMILES string of the molecule is CSC(CO)C(C)NC(=O)Nc1cc(F)c(F)c(F)c1. The van der Waals surface area contributed by atoms with Gasteiger partial charge in [-0.1, -0.05) is 0 Å². The Bertz CT molecular complexity index is 461. The van der Waals surface area contributed by atoms with Crippen molar-refractivity contribution in [3.8, 4) is 0 Å². The van der Waals surface area contributed by atoms with Crippen molar-refractivity contribution >= 4 is 23.5 Å². The second kappa shape index (κ2) is 7.39. The molecule has 1 aromatic carbocycles. The number of hydrogen-bond donors (Lipinski definition) is 3. The van der Waals surface area contributed by atoms with Gasteiger partial charge in [0, 0.05) is 29.1 Å². The average Bonchev–Trinajstić information content (AvgIpc) is 2.37. The molecule has 1 rings (SSSR count). The summed E-state index contributed by atoms with van der Waals surface area (Å²) in [6, 6.07) is 0.308. The lowest BCUT2D eigenvalue weighted by Crippen LogP contribution is -2.43. The summed E-state index contributed by atoms with van der Waals surface area (Å²) in [4.78, 5) is 11.6. The van der Waals surface area contributed by atoms with Gasteiger partial charge in [-0.25, -0.2) is 18.0 Å². The van der Waals surface area contributed by atoms with Crippen molar-refractivity contribution < 1.29 is 23.1 Å². The Morgan fingerprint density at radius 3 is 2.35 bits per heavy atom. The van der Waals surface area contributed by atoms with Gasteiger partial charge in [-0.05, 0) is 13.2 Å². The van der Waals surface area contributed by atoms with Crippen LogP contribution in [0.1, 0.15) is 6.92 Å². The highest BCUT2D eigenvalue weighted by Gasteiger charge is 2.18. The number of rotatable bonds is 5. The normalized spacial score (nSPS) is 13.7. The van der Waals surface area contributed by atoms with Crippen LogP contribution in [0.25, 0.3) is 0 Å². The zero-order valence-corrected chi connectivity index (χ0v) is 11.7. The molecule has 0 radical (unpaired) electrons. The van der Waals surface area contributed by atoms with Crippen molar-refractivity contribution in [2.45, 2.75) is 18.2 Å². The summed E-state index contributed by atoms with van der Waals surface area (Å²) >= 11 is 1.37. The van der Waals surface area contributed by atoms with E-state index in [0.29, 0.717) is 12.1 Å². The Balaban J connectivity index is 2.67. The van der Waals surface area contributed by atoms with Gasteiger partial charge in [0.2, 0.25) is 0 Å². The van der Waals surface area contributed by atoms with Gasteiger partial charge in [-0.2, -0.15) is 11.8 Å². The van der Waals surface area contributed by atoms with Gasteiger partial charge < -0.3 is 15.7 Å². The fourth-order valence-corrected chi connectivity index (χ4v) is 2.16. The van der Waals surface area contributed by atoms with Crippen LogP contribution in [0, 0.1) is 17.5 Å². The minimum atomic E-state index is -1.59. The molecule has 3 N–H and O–H groups in total. The van der Waals surface area contributed by atoms with E-state index in [1.807, 2.05) is 0 Å². The molecular formula is C12H15F3N2O2S. The fraction of sp³-hybridized carbons (Fsp3) is 0.417. The van der Waals surface area contributed by atoms with Crippen molar-refractivity contribution in [1.82, 2.24) is 5.32 Å². The first-order valence-electron chi connectivity index (χ1n) is 5.74. The van der Waals surface area contributed by atoms with Crippen LogP contribution in [0.3, 0.4) is 0 Å². The third-order valence-electron chi connectivity index (χ3n) is 2.64. The smallest absolute Gasteiger partial charge is 0.319 e. The predicted octanol–water partition coefficient (Wildman–Crippen LogP) is 2.34. The molecule has 4 nitrogen and oxygen atoms in total. The van der Waals surface area contributed by atoms with Crippen LogP contribution in [0.2, 0.25) is 0 Å². The van der Waals surface area contributed by atoms with Gasteiger partial charge in [0.05, 0.1) is 6.61 Å². The second-order valence-electron chi connectivity index (χ2n) is 4.10. The molecule has 0 aliphatic heterocycles. The Morgan fingerprint density at radius 1 is 1.35 bits per heavy atom. The molecule has 2 atom stereocenters. The van der Waals surface area contributed by atoms with Crippen molar-refractivity contribution in [2.75, 3.05) is 18.2 Å². The van der Waals surface area contributed by atoms with Gasteiger partial charge >= 0.3 is 6.03 Å². The third kappa shape index (κ3) is 4.31. The Labute approximate surface area is 118 Å². The highest BCUT2D eigenvalue weighted by Crippen LogP contribution is 2.17. The molecule has 0 spiro atoms. The molecule has 2 amide bonds. The van der Waals surface area contributed by atoms with E-state index in [-0.39, 0.29) is 23.6 Å². The van der Waals surface area contributed by atoms with Crippen molar-refractivity contribution in [1.29, 1.82) is 0 Å². The van der Waals surface area contributed by atoms with Gasteiger partial charge in [-0.15, -0.1) is 0 Å². The van der Waals surface area contributed by atoms with E-state index in [1.54, 1.807) is 13.2 Å². The van der Waals surface area contributed by atoms with Crippen LogP contribution in [-0.2, 0) is 0 Å². The van der Waals surface area contributed by atoms with Crippen LogP contribution in [0.15, 0.2) is 12.1 Å². The molecular weight excluding hydrogens is 293 g/mol. The monoisotopic (exact) mass is 308 g/mol. The first-order chi connectivity index (χ1) is 9.38. The molecule has 1 aromatic rings. The third-order valence-corrected chi connectivity index (χ3v) is 3.80. The lowest BCUT2D eigenvalue weighted by atomic mass is 10.2. The minimum absolute atomic E-state index is 0.123. The second-order valence-corrected chi connectivity index (χ2v) is 5.17. The van der Waals surface area contributed by atoms with E-state index in [4.69, 9.17) is 5.11 Å². The summed E-state index contributed by atoms with van der Waals surface area (Å²) < 4.78 is 38.7. The number of amides is 2. The van der Waals surface area contributed by atoms with Gasteiger partial charge in [0.15, 0.2) is 17.5 Å². The molecule has 112 valence electrons. The van der Waals surface area contributed by atoms with E-state index in [9.17, 15) is 18.0 Å². The zero-order chi connectivity index (χ0) is 15.3. The van der Waals surface area contributed by atoms with E-state index in [2.05, 4.69) is 10.6 Å². The molecule has 2 unspecified atom stereocenters. The maximum absolute atomic E-state index is 13.0. The number of thioether (sulfide) groups is 1. The average molecular weight is 308 g/mol. The lowest BCUT2D eigenvalue weighted by Gasteiger charge is -2.21. The Morgan fingerprint density at radius 2 is 1.90 bits per heavy atom. The number of anilines is 1. The van der Waals surface area contributed by atoms with E-state index >= 15 is 0 Å². The molecule has 0 saturated carbocycles. The molecule has 0 aliphatic rings. The number of nitrogens with one attached hydrogen (secondary N) is 2. The zero-order valence-electron chi connectivity index (χ0n) is 10.9. The van der Waals surface area contributed by atoms with Crippen LogP contribution in [0.5, 0.6) is 0 Å². The molecule has 0 aromatic heterocycles. The van der Waals surface area contributed by atoms with Crippen molar-refractivity contribution in [2.24, 2.45) is 0 Å². The maximum atomic E-state index is 13.0. The number of aliphatic hydroxyl groups is 1. The van der Waals surface area contributed by atoms with Crippen molar-refractivity contribution in [3.05, 3.63) is 29.6 Å². The fourth-order valence-electron chi connectivity index (χ4n) is 1.53. The van der Waals surface area contributed by atoms with Crippen LogP contribution < -0.4 is 10.6 Å². The number of halogens is 3. The summed E-state index contributed by atoms with van der Waals surface area (Å²) in [5.74, 6) is -4.36. The van der Waals surface area contributed by atoms with Gasteiger partial charge in [0.1, 0.15) is 0 Å². The van der Waals surface area contributed by atoms with E-state index < -0.39 is 23.5 Å². The lowest BCUT2D eigenvalue weighted by molar-refractivity contribution is 0.243. The van der Waals surface area contributed by atoms with Crippen LogP contribution >= 0.6 is 11.8 Å². The first-order valence-corrected chi connectivity index (χ1v) is 7.03.